The lowest BCUT2D eigenvalue weighted by molar-refractivity contribution is -0.124. The van der Waals surface area contributed by atoms with Crippen molar-refractivity contribution in [2.75, 3.05) is 0 Å². The summed E-state index contributed by atoms with van der Waals surface area (Å²) in [5, 5.41) is 6.65. The van der Waals surface area contributed by atoms with Crippen LogP contribution in [0.5, 0.6) is 0 Å². The minimum absolute atomic E-state index is 0. The fraction of sp³-hybridized carbons (Fsp3) is 0.350. The Hall–Kier alpha value is -1.26. The van der Waals surface area contributed by atoms with Crippen molar-refractivity contribution < 1.29 is 4.79 Å². The van der Waals surface area contributed by atoms with Gasteiger partial charge in [-0.2, -0.15) is 0 Å². The molecule has 6 heteroatoms. The molecule has 2 N–H and O–H groups in total. The van der Waals surface area contributed by atoms with E-state index in [4.69, 9.17) is 0 Å². The Morgan fingerprint density at radius 3 is 2.35 bits per heavy atom. The second-order valence-electron chi connectivity index (χ2n) is 6.56. The quantitative estimate of drug-likeness (QED) is 0.773. The third kappa shape index (κ3) is 4.72. The Labute approximate surface area is 173 Å². The molecule has 1 aliphatic heterocycles. The summed E-state index contributed by atoms with van der Waals surface area (Å²) in [6.45, 7) is 0.773. The highest BCUT2D eigenvalue weighted by atomic mass is 35.5. The first-order valence-electron chi connectivity index (χ1n) is 8.49. The van der Waals surface area contributed by atoms with E-state index in [1.54, 1.807) is 0 Å². The van der Waals surface area contributed by atoms with Crippen LogP contribution in [-0.2, 0) is 24.2 Å². The van der Waals surface area contributed by atoms with Crippen LogP contribution in [0.15, 0.2) is 48.5 Å². The van der Waals surface area contributed by atoms with E-state index in [-0.39, 0.29) is 55.2 Å². The van der Waals surface area contributed by atoms with Gasteiger partial charge < -0.3 is 10.6 Å². The van der Waals surface area contributed by atoms with Crippen molar-refractivity contribution >= 4 is 43.1 Å². The maximum atomic E-state index is 12.7. The lowest BCUT2D eigenvalue weighted by Crippen LogP contribution is -2.48. The van der Waals surface area contributed by atoms with Crippen molar-refractivity contribution in [2.24, 2.45) is 0 Å². The third-order valence-corrected chi connectivity index (χ3v) is 5.08. The van der Waals surface area contributed by atoms with Gasteiger partial charge in [0.25, 0.3) is 0 Å². The van der Waals surface area contributed by atoms with Crippen LogP contribution in [0.25, 0.3) is 0 Å². The monoisotopic (exact) mass is 414 g/mol. The largest absolute Gasteiger partial charge is 0.348 e. The molecule has 1 heterocycles. The van der Waals surface area contributed by atoms with Gasteiger partial charge in [-0.1, -0.05) is 48.5 Å². The summed E-state index contributed by atoms with van der Waals surface area (Å²) in [4.78, 5) is 12.7. The Bertz CT molecular complexity index is 739. The van der Waals surface area contributed by atoms with E-state index in [1.165, 1.54) is 22.3 Å². The average molecular weight is 416 g/mol. The number of benzene rings is 2. The molecule has 0 bridgehead atoms. The second-order valence-corrected chi connectivity index (χ2v) is 6.56. The molecule has 3 nitrogen and oxygen atoms in total. The highest BCUT2D eigenvalue weighted by Gasteiger charge is 2.27. The third-order valence-electron chi connectivity index (χ3n) is 5.08. The summed E-state index contributed by atoms with van der Waals surface area (Å²) in [6, 6.07) is 16.9. The summed E-state index contributed by atoms with van der Waals surface area (Å²) in [5.41, 5.74) is 5.27. The van der Waals surface area contributed by atoms with Crippen molar-refractivity contribution in [3.05, 3.63) is 70.8 Å². The lowest BCUT2D eigenvalue weighted by Gasteiger charge is -2.30. The summed E-state index contributed by atoms with van der Waals surface area (Å²) < 4.78 is 0. The van der Waals surface area contributed by atoms with Gasteiger partial charge in [0.1, 0.15) is 0 Å². The molecule has 142 valence electrons. The van der Waals surface area contributed by atoms with Crippen LogP contribution in [0.4, 0.5) is 0 Å². The van der Waals surface area contributed by atoms with Gasteiger partial charge in [-0.3, -0.25) is 4.79 Å². The molecule has 2 aliphatic rings. The van der Waals surface area contributed by atoms with E-state index in [0.29, 0.717) is 0 Å². The minimum atomic E-state index is -0.126. The zero-order valence-electron chi connectivity index (χ0n) is 14.4. The Morgan fingerprint density at radius 2 is 1.58 bits per heavy atom. The van der Waals surface area contributed by atoms with E-state index >= 15 is 0 Å². The maximum absolute atomic E-state index is 12.7. The number of amides is 1. The molecule has 0 fully saturated rings. The Balaban J connectivity index is 0.00000113. The standard InChI is InChI=1S/C20H22N2O.3ClH/c23-20(19-12-15-7-1-2-8-16(15)13-21-19)22-18-11-5-9-14-6-3-4-10-17(14)18;;;/h1-4,6-8,10,18-19,21H,5,9,11-13H2,(H,22,23);3*1H/t18-,19?;;;/m1.../s1. The fourth-order valence-electron chi connectivity index (χ4n) is 3.82. The predicted octanol–water partition coefficient (Wildman–Crippen LogP) is 4.16. The molecule has 0 spiro atoms. The first-order valence-corrected chi connectivity index (χ1v) is 8.49. The predicted molar refractivity (Wildman–Crippen MR) is 113 cm³/mol. The van der Waals surface area contributed by atoms with E-state index < -0.39 is 0 Å². The highest BCUT2D eigenvalue weighted by molar-refractivity contribution is 5.86. The Kier molecular flexibility index (Phi) is 8.91. The number of hydrogen-bond acceptors (Lipinski definition) is 2. The minimum Gasteiger partial charge on any atom is -0.348 e. The van der Waals surface area contributed by atoms with Crippen molar-refractivity contribution in [3.8, 4) is 0 Å². The lowest BCUT2D eigenvalue weighted by atomic mass is 9.87. The van der Waals surface area contributed by atoms with Crippen molar-refractivity contribution in [1.29, 1.82) is 0 Å². The van der Waals surface area contributed by atoms with Crippen molar-refractivity contribution in [1.82, 2.24) is 10.6 Å². The van der Waals surface area contributed by atoms with Gasteiger partial charge >= 0.3 is 0 Å². The van der Waals surface area contributed by atoms with Gasteiger partial charge in [-0.25, -0.2) is 0 Å². The van der Waals surface area contributed by atoms with Crippen LogP contribution in [-0.4, -0.2) is 11.9 Å². The number of fused-ring (bicyclic) bond motifs is 2. The van der Waals surface area contributed by atoms with Crippen LogP contribution in [0, 0.1) is 0 Å². The molecule has 1 aliphatic carbocycles. The molecule has 4 rings (SSSR count). The van der Waals surface area contributed by atoms with Crippen molar-refractivity contribution in [3.63, 3.8) is 0 Å². The topological polar surface area (TPSA) is 41.1 Å². The number of hydrogen-bond donors (Lipinski definition) is 2. The summed E-state index contributed by atoms with van der Waals surface area (Å²) in [5.74, 6) is 0.126. The summed E-state index contributed by atoms with van der Waals surface area (Å²) in [6.07, 6.45) is 4.07. The average Bonchev–Trinajstić information content (AvgIpc) is 2.61. The van der Waals surface area contributed by atoms with Crippen LogP contribution >= 0.6 is 37.2 Å². The molecular weight excluding hydrogens is 391 g/mol. The van der Waals surface area contributed by atoms with Crippen LogP contribution in [0.2, 0.25) is 0 Å². The highest BCUT2D eigenvalue weighted by Crippen LogP contribution is 2.29. The van der Waals surface area contributed by atoms with Gasteiger partial charge in [0.15, 0.2) is 0 Å². The van der Waals surface area contributed by atoms with Crippen LogP contribution in [0.1, 0.15) is 41.1 Å². The zero-order chi connectivity index (χ0) is 15.6. The number of carbonyl (C=O) groups is 1. The van der Waals surface area contributed by atoms with E-state index in [0.717, 1.165) is 32.2 Å². The normalized spacial score (nSPS) is 20.2. The molecule has 0 radical (unpaired) electrons. The molecule has 0 aromatic heterocycles. The molecule has 2 aromatic rings. The molecule has 26 heavy (non-hydrogen) atoms. The molecule has 1 amide bonds. The van der Waals surface area contributed by atoms with Crippen LogP contribution in [0.3, 0.4) is 0 Å². The van der Waals surface area contributed by atoms with E-state index in [2.05, 4.69) is 59.2 Å². The van der Waals surface area contributed by atoms with Gasteiger partial charge in [0.2, 0.25) is 5.91 Å². The van der Waals surface area contributed by atoms with Gasteiger partial charge in [0, 0.05) is 6.54 Å². The molecular formula is C20H25Cl3N2O. The van der Waals surface area contributed by atoms with Gasteiger partial charge in [0.05, 0.1) is 12.1 Å². The summed E-state index contributed by atoms with van der Waals surface area (Å²) in [7, 11) is 0. The molecule has 2 aromatic carbocycles. The SMILES string of the molecule is Cl.Cl.Cl.O=C(N[C@@H]1CCCc2ccccc21)C1Cc2ccccc2CN1. The van der Waals surface area contributed by atoms with E-state index in [9.17, 15) is 4.79 Å². The number of carbonyl (C=O) groups excluding carboxylic acids is 1. The first-order chi connectivity index (χ1) is 11.3. The molecule has 0 saturated heterocycles. The van der Waals surface area contributed by atoms with Crippen molar-refractivity contribution in [2.45, 2.75) is 44.3 Å². The molecule has 1 unspecified atom stereocenters. The van der Waals surface area contributed by atoms with Gasteiger partial charge in [-0.15, -0.1) is 37.2 Å². The summed E-state index contributed by atoms with van der Waals surface area (Å²) >= 11 is 0. The number of nitrogens with one attached hydrogen (secondary N) is 2. The second kappa shape index (κ2) is 10.2. The Morgan fingerprint density at radius 1 is 0.923 bits per heavy atom. The first kappa shape index (κ1) is 22.8. The molecule has 0 saturated carbocycles. The zero-order valence-corrected chi connectivity index (χ0v) is 16.9. The maximum Gasteiger partial charge on any atom is 0.237 e. The number of aryl methyl sites for hydroxylation is 1. The number of rotatable bonds is 2. The molecule has 2 atom stereocenters. The van der Waals surface area contributed by atoms with Crippen LogP contribution < -0.4 is 10.6 Å². The number of halogens is 3. The van der Waals surface area contributed by atoms with Gasteiger partial charge in [-0.05, 0) is 47.9 Å². The fourth-order valence-corrected chi connectivity index (χ4v) is 3.82. The smallest absolute Gasteiger partial charge is 0.237 e. The van der Waals surface area contributed by atoms with E-state index in [1.807, 2.05) is 0 Å².